The minimum atomic E-state index is 0.293. The van der Waals surface area contributed by atoms with Gasteiger partial charge in [0.2, 0.25) is 0 Å². The van der Waals surface area contributed by atoms with Crippen LogP contribution in [0, 0.1) is 0 Å². The molecule has 1 aromatic carbocycles. The van der Waals surface area contributed by atoms with E-state index in [1.165, 1.54) is 0 Å². The Morgan fingerprint density at radius 3 is 2.60 bits per heavy atom. The first-order valence-electron chi connectivity index (χ1n) is 7.30. The zero-order chi connectivity index (χ0) is 15.0. The van der Waals surface area contributed by atoms with E-state index in [1.54, 1.807) is 13.2 Å². The number of hydrogen-bond donors (Lipinski definition) is 1. The van der Waals surface area contributed by atoms with Gasteiger partial charge in [0.25, 0.3) is 0 Å². The molecule has 1 atom stereocenters. The molecule has 0 aliphatic carbocycles. The molecule has 0 aliphatic rings. The summed E-state index contributed by atoms with van der Waals surface area (Å²) in [4.78, 5) is 2.27. The largest absolute Gasteiger partial charge is 0.507 e. The van der Waals surface area contributed by atoms with E-state index in [0.717, 1.165) is 24.3 Å². The second kappa shape index (κ2) is 8.82. The molecule has 0 saturated carbocycles. The Morgan fingerprint density at radius 2 is 2.05 bits per heavy atom. The minimum absolute atomic E-state index is 0.293. The number of methoxy groups -OCH3 is 1. The lowest BCUT2D eigenvalue weighted by atomic mass is 10.1. The maximum absolute atomic E-state index is 10.1. The normalized spacial score (nSPS) is 12.7. The van der Waals surface area contributed by atoms with Gasteiger partial charge in [-0.25, -0.2) is 0 Å². The van der Waals surface area contributed by atoms with Crippen molar-refractivity contribution >= 4 is 0 Å². The average Bonchev–Trinajstić information content (AvgIpc) is 2.44. The lowest BCUT2D eigenvalue weighted by Gasteiger charge is -2.27. The summed E-state index contributed by atoms with van der Waals surface area (Å²) in [5.41, 5.74) is 0.915. The summed E-state index contributed by atoms with van der Waals surface area (Å²) in [6.07, 6.45) is 0.959. The van der Waals surface area contributed by atoms with E-state index in [0.29, 0.717) is 31.5 Å². The number of hydrogen-bond acceptors (Lipinski definition) is 4. The minimum Gasteiger partial charge on any atom is -0.507 e. The fraction of sp³-hybridized carbons (Fsp3) is 0.625. The molecule has 1 N–H and O–H groups in total. The van der Waals surface area contributed by atoms with Crippen molar-refractivity contribution in [2.24, 2.45) is 0 Å². The van der Waals surface area contributed by atoms with Crippen molar-refractivity contribution in [2.45, 2.75) is 39.8 Å². The molecule has 4 heteroatoms. The Bertz CT molecular complexity index is 395. The van der Waals surface area contributed by atoms with Crippen molar-refractivity contribution in [2.75, 3.05) is 26.9 Å². The van der Waals surface area contributed by atoms with E-state index >= 15 is 0 Å². The van der Waals surface area contributed by atoms with Gasteiger partial charge in [-0.1, -0.05) is 19.9 Å². The molecule has 0 saturated heterocycles. The fourth-order valence-electron chi connectivity index (χ4n) is 2.13. The van der Waals surface area contributed by atoms with Crippen LogP contribution in [-0.2, 0) is 11.3 Å². The summed E-state index contributed by atoms with van der Waals surface area (Å²) in [5, 5.41) is 10.1. The monoisotopic (exact) mass is 281 g/mol. The molecule has 114 valence electrons. The quantitative estimate of drug-likeness (QED) is 0.755. The molecule has 0 bridgehead atoms. The van der Waals surface area contributed by atoms with Crippen molar-refractivity contribution in [3.8, 4) is 11.5 Å². The number of aromatic hydroxyl groups is 1. The number of ether oxygens (including phenoxy) is 2. The van der Waals surface area contributed by atoms with Crippen LogP contribution in [-0.4, -0.2) is 42.9 Å². The Kier molecular flexibility index (Phi) is 7.41. The highest BCUT2D eigenvalue weighted by molar-refractivity contribution is 5.39. The Morgan fingerprint density at radius 1 is 1.30 bits per heavy atom. The van der Waals surface area contributed by atoms with Gasteiger partial charge in [0, 0.05) is 31.3 Å². The standard InChI is InChI=1S/C16H27NO3/c1-5-9-20-15-8-7-14(16(18)10-15)11-17(6-2)13(3)12-19-4/h7-8,10,13,18H,5-6,9,11-12H2,1-4H3. The van der Waals surface area contributed by atoms with E-state index in [9.17, 15) is 5.11 Å². The molecule has 4 nitrogen and oxygen atoms in total. The van der Waals surface area contributed by atoms with Gasteiger partial charge in [0.05, 0.1) is 13.2 Å². The summed E-state index contributed by atoms with van der Waals surface area (Å²) < 4.78 is 10.7. The molecule has 20 heavy (non-hydrogen) atoms. The summed E-state index contributed by atoms with van der Waals surface area (Å²) in [7, 11) is 1.71. The smallest absolute Gasteiger partial charge is 0.123 e. The van der Waals surface area contributed by atoms with Crippen LogP contribution in [0.4, 0.5) is 0 Å². The number of likely N-dealkylation sites (N-methyl/N-ethyl adjacent to an activating group) is 1. The lowest BCUT2D eigenvalue weighted by molar-refractivity contribution is 0.0976. The van der Waals surface area contributed by atoms with Crippen LogP contribution >= 0.6 is 0 Å². The second-order valence-electron chi connectivity index (χ2n) is 5.01. The first-order valence-corrected chi connectivity index (χ1v) is 7.30. The maximum Gasteiger partial charge on any atom is 0.123 e. The van der Waals surface area contributed by atoms with Gasteiger partial charge >= 0.3 is 0 Å². The Labute approximate surface area is 122 Å². The van der Waals surface area contributed by atoms with Crippen LogP contribution in [0.5, 0.6) is 11.5 Å². The van der Waals surface area contributed by atoms with Crippen molar-refractivity contribution in [3.63, 3.8) is 0 Å². The molecule has 1 unspecified atom stereocenters. The van der Waals surface area contributed by atoms with Crippen molar-refractivity contribution in [1.82, 2.24) is 4.90 Å². The van der Waals surface area contributed by atoms with Crippen LogP contribution in [0.1, 0.15) is 32.8 Å². The molecule has 0 aliphatic heterocycles. The topological polar surface area (TPSA) is 41.9 Å². The van der Waals surface area contributed by atoms with Gasteiger partial charge in [-0.05, 0) is 26.0 Å². The van der Waals surface area contributed by atoms with Crippen LogP contribution in [0.3, 0.4) is 0 Å². The predicted octanol–water partition coefficient (Wildman–Crippen LogP) is 3.04. The van der Waals surface area contributed by atoms with E-state index in [2.05, 4.69) is 25.7 Å². The molecule has 0 amide bonds. The Balaban J connectivity index is 2.70. The van der Waals surface area contributed by atoms with Crippen LogP contribution in [0.2, 0.25) is 0 Å². The molecular formula is C16H27NO3. The fourth-order valence-corrected chi connectivity index (χ4v) is 2.13. The zero-order valence-electron chi connectivity index (χ0n) is 13.1. The van der Waals surface area contributed by atoms with Gasteiger partial charge in [0.1, 0.15) is 11.5 Å². The molecular weight excluding hydrogens is 254 g/mol. The van der Waals surface area contributed by atoms with E-state index < -0.39 is 0 Å². The summed E-state index contributed by atoms with van der Waals surface area (Å²) in [5.74, 6) is 1.02. The lowest BCUT2D eigenvalue weighted by Crippen LogP contribution is -2.35. The highest BCUT2D eigenvalue weighted by atomic mass is 16.5. The molecule has 0 aromatic heterocycles. The second-order valence-corrected chi connectivity index (χ2v) is 5.01. The van der Waals surface area contributed by atoms with E-state index in [4.69, 9.17) is 9.47 Å². The van der Waals surface area contributed by atoms with Gasteiger partial charge < -0.3 is 14.6 Å². The van der Waals surface area contributed by atoms with Crippen molar-refractivity contribution in [3.05, 3.63) is 23.8 Å². The van der Waals surface area contributed by atoms with Gasteiger partial charge in [-0.15, -0.1) is 0 Å². The SMILES string of the molecule is CCCOc1ccc(CN(CC)C(C)COC)c(O)c1. The highest BCUT2D eigenvalue weighted by Crippen LogP contribution is 2.25. The number of phenolic OH excluding ortho intramolecular Hbond substituents is 1. The first-order chi connectivity index (χ1) is 9.62. The molecule has 0 spiro atoms. The molecule has 0 heterocycles. The maximum atomic E-state index is 10.1. The average molecular weight is 281 g/mol. The van der Waals surface area contributed by atoms with E-state index in [-0.39, 0.29) is 0 Å². The zero-order valence-corrected chi connectivity index (χ0v) is 13.1. The number of phenols is 1. The molecule has 1 rings (SSSR count). The van der Waals surface area contributed by atoms with Crippen molar-refractivity contribution < 1.29 is 14.6 Å². The highest BCUT2D eigenvalue weighted by Gasteiger charge is 2.14. The predicted molar refractivity (Wildman–Crippen MR) is 81.3 cm³/mol. The third kappa shape index (κ3) is 5.02. The first kappa shape index (κ1) is 16.8. The number of benzene rings is 1. The third-order valence-corrected chi connectivity index (χ3v) is 3.34. The molecule has 1 aromatic rings. The van der Waals surface area contributed by atoms with Crippen LogP contribution in [0.25, 0.3) is 0 Å². The van der Waals surface area contributed by atoms with Crippen LogP contribution in [0.15, 0.2) is 18.2 Å². The third-order valence-electron chi connectivity index (χ3n) is 3.34. The van der Waals surface area contributed by atoms with Crippen molar-refractivity contribution in [1.29, 1.82) is 0 Å². The summed E-state index contributed by atoms with van der Waals surface area (Å²) >= 11 is 0. The van der Waals surface area contributed by atoms with Gasteiger partial charge in [0.15, 0.2) is 0 Å². The number of rotatable bonds is 9. The van der Waals surface area contributed by atoms with Gasteiger partial charge in [-0.2, -0.15) is 0 Å². The van der Waals surface area contributed by atoms with Gasteiger partial charge in [-0.3, -0.25) is 4.90 Å². The summed E-state index contributed by atoms with van der Waals surface area (Å²) in [6.45, 7) is 9.28. The summed E-state index contributed by atoms with van der Waals surface area (Å²) in [6, 6.07) is 5.86. The molecule has 0 radical (unpaired) electrons. The van der Waals surface area contributed by atoms with E-state index in [1.807, 2.05) is 12.1 Å². The Hall–Kier alpha value is -1.26. The van der Waals surface area contributed by atoms with Crippen LogP contribution < -0.4 is 4.74 Å². The number of nitrogens with zero attached hydrogens (tertiary/aromatic N) is 1. The molecule has 0 fully saturated rings.